The number of piperidine rings is 1. The Morgan fingerprint density at radius 2 is 2.00 bits per heavy atom. The molecule has 0 N–H and O–H groups in total. The van der Waals surface area contributed by atoms with Crippen LogP contribution in [0.2, 0.25) is 10.0 Å². The molecule has 0 aliphatic carbocycles. The van der Waals surface area contributed by atoms with E-state index >= 15 is 4.39 Å². The number of aromatic nitrogens is 4. The van der Waals surface area contributed by atoms with Crippen LogP contribution in [0.5, 0.6) is 5.88 Å². The molecule has 3 atom stereocenters. The molecule has 6 rings (SSSR count). The van der Waals surface area contributed by atoms with Gasteiger partial charge < -0.3 is 19.4 Å². The molecule has 2 saturated heterocycles. The molecule has 2 aliphatic rings. The molecule has 0 spiro atoms. The van der Waals surface area contributed by atoms with E-state index in [1.165, 1.54) is 0 Å². The van der Waals surface area contributed by atoms with Crippen molar-refractivity contribution in [3.05, 3.63) is 57.8 Å². The summed E-state index contributed by atoms with van der Waals surface area (Å²) in [6.45, 7) is 4.25. The van der Waals surface area contributed by atoms with Gasteiger partial charge in [0.25, 0.3) is 0 Å². The van der Waals surface area contributed by atoms with Gasteiger partial charge in [-0.05, 0) is 83.6 Å². The summed E-state index contributed by atoms with van der Waals surface area (Å²) in [5, 5.41) is 19.9. The van der Waals surface area contributed by atoms with Gasteiger partial charge in [-0.1, -0.05) is 46.6 Å². The summed E-state index contributed by atoms with van der Waals surface area (Å²) in [6, 6.07) is 8.91. The lowest BCUT2D eigenvalue weighted by Gasteiger charge is -2.38. The van der Waals surface area contributed by atoms with E-state index in [-0.39, 0.29) is 52.4 Å². The second-order valence-electron chi connectivity index (χ2n) is 13.0. The average molecular weight is 694 g/mol. The van der Waals surface area contributed by atoms with Crippen LogP contribution < -0.4 is 4.74 Å². The molecule has 10 nitrogen and oxygen atoms in total. The highest BCUT2D eigenvalue weighted by Crippen LogP contribution is 2.42. The Morgan fingerprint density at radius 3 is 2.73 bits per heavy atom. The van der Waals surface area contributed by atoms with Crippen molar-refractivity contribution in [2.75, 3.05) is 47.4 Å². The zero-order valence-corrected chi connectivity index (χ0v) is 29.1. The first-order valence-electron chi connectivity index (χ1n) is 16.2. The largest absolute Gasteiger partial charge is 0.474 e. The summed E-state index contributed by atoms with van der Waals surface area (Å²) in [4.78, 5) is 23.8. The molecule has 2 aromatic heterocycles. The quantitative estimate of drug-likeness (QED) is 0.185. The molecule has 0 unspecified atom stereocenters. The van der Waals surface area contributed by atoms with E-state index in [0.29, 0.717) is 65.1 Å². The predicted octanol–water partition coefficient (Wildman–Crippen LogP) is 6.44. The van der Waals surface area contributed by atoms with E-state index in [1.807, 2.05) is 32.0 Å². The second-order valence-corrected chi connectivity index (χ2v) is 13.8. The zero-order valence-electron chi connectivity index (χ0n) is 27.6. The van der Waals surface area contributed by atoms with Gasteiger partial charge in [0.05, 0.1) is 23.6 Å². The van der Waals surface area contributed by atoms with E-state index in [9.17, 15) is 10.1 Å². The minimum Gasteiger partial charge on any atom is -0.474 e. The first-order chi connectivity index (χ1) is 23.1. The van der Waals surface area contributed by atoms with Gasteiger partial charge in [0, 0.05) is 47.2 Å². The third-order valence-electron chi connectivity index (χ3n) is 9.55. The van der Waals surface area contributed by atoms with Gasteiger partial charge >= 0.3 is 0 Å². The fraction of sp³-hybridized carbons (Fsp3) is 0.457. The fourth-order valence-corrected chi connectivity index (χ4v) is 7.36. The molecule has 0 radical (unpaired) electrons. The summed E-state index contributed by atoms with van der Waals surface area (Å²) in [5.41, 5.74) is 2.54. The molecule has 1 amide bonds. The van der Waals surface area contributed by atoms with Crippen molar-refractivity contribution in [2.45, 2.75) is 57.2 Å². The maximum absolute atomic E-state index is 16.8. The Morgan fingerprint density at radius 1 is 1.19 bits per heavy atom. The molecule has 252 valence electrons. The molecule has 0 bridgehead atoms. The number of likely N-dealkylation sites (N-methyl/N-ethyl adjacent to an activating group) is 2. The number of pyridine rings is 1. The van der Waals surface area contributed by atoms with Gasteiger partial charge in [-0.25, -0.2) is 14.1 Å². The van der Waals surface area contributed by atoms with Gasteiger partial charge in [0.1, 0.15) is 17.6 Å². The summed E-state index contributed by atoms with van der Waals surface area (Å²) in [7, 11) is 5.93. The van der Waals surface area contributed by atoms with Gasteiger partial charge in [0.2, 0.25) is 11.8 Å². The Labute approximate surface area is 289 Å². The van der Waals surface area contributed by atoms with Crippen LogP contribution in [0.3, 0.4) is 0 Å². The van der Waals surface area contributed by atoms with E-state index < -0.39 is 5.82 Å². The van der Waals surface area contributed by atoms with Gasteiger partial charge in [0.15, 0.2) is 11.3 Å². The van der Waals surface area contributed by atoms with Gasteiger partial charge in [-0.2, -0.15) is 5.26 Å². The Balaban J connectivity index is 1.45. The number of fused-ring (bicyclic) bond motifs is 3. The molecular formula is C35H39Cl2FN8O2. The Kier molecular flexibility index (Phi) is 10.2. The van der Waals surface area contributed by atoms with Crippen LogP contribution in [0.4, 0.5) is 4.39 Å². The summed E-state index contributed by atoms with van der Waals surface area (Å²) in [5.74, 6) is -0.516. The van der Waals surface area contributed by atoms with Crippen LogP contribution in [0.25, 0.3) is 33.1 Å². The highest BCUT2D eigenvalue weighted by atomic mass is 35.5. The number of rotatable bonds is 9. The molecule has 48 heavy (non-hydrogen) atoms. The van der Waals surface area contributed by atoms with Crippen molar-refractivity contribution < 1.29 is 13.9 Å². The maximum atomic E-state index is 16.8. The van der Waals surface area contributed by atoms with Crippen molar-refractivity contribution in [1.82, 2.24) is 34.7 Å². The molecule has 4 heterocycles. The zero-order chi connectivity index (χ0) is 34.1. The standard InChI is InChI=1S/C35H39Cl2FN8O2/c1-21-25(9-5-10-27(21)36)30-28(37)19-26-32(31(30)38)40-35(48-20-24-8-6-16-44(24)4)33-34(26)46(42-41-33)23-13-17-45(22(18-23)12-14-39)29(47)11-7-15-43(2)3/h5,7,9-11,19,22-24H,6,8,12-13,15-18,20H2,1-4H3/b11-7+/t22-,23+,24+/m1/s1. The van der Waals surface area contributed by atoms with Crippen LogP contribution in [-0.4, -0.2) is 100 Å². The number of carbonyl (C=O) groups excluding carboxylic acids is 1. The van der Waals surface area contributed by atoms with Crippen LogP contribution in [-0.2, 0) is 4.79 Å². The SMILES string of the molecule is Cc1c(Cl)cccc1-c1c(Cl)cc2c(nc(OC[C@@H]3CCCN3C)c3nnn([C@H]4CCN(C(=O)/C=C/CN(C)C)[C@H](CC#N)C4)c32)c1F. The second kappa shape index (κ2) is 14.3. The van der Waals surface area contributed by atoms with Crippen molar-refractivity contribution in [3.8, 4) is 23.1 Å². The topological polar surface area (TPSA) is 103 Å². The summed E-state index contributed by atoms with van der Waals surface area (Å²) < 4.78 is 24.9. The van der Waals surface area contributed by atoms with Crippen LogP contribution in [0.15, 0.2) is 36.4 Å². The lowest BCUT2D eigenvalue weighted by atomic mass is 9.94. The number of hydrogen-bond donors (Lipinski definition) is 0. The van der Waals surface area contributed by atoms with E-state index in [4.69, 9.17) is 32.9 Å². The smallest absolute Gasteiger partial charge is 0.246 e. The lowest BCUT2D eigenvalue weighted by Crippen LogP contribution is -2.46. The van der Waals surface area contributed by atoms with E-state index in [2.05, 4.69) is 28.3 Å². The van der Waals surface area contributed by atoms with Crippen molar-refractivity contribution >= 4 is 51.0 Å². The Hall–Kier alpha value is -3.82. The van der Waals surface area contributed by atoms with Gasteiger partial charge in [-0.15, -0.1) is 5.10 Å². The highest BCUT2D eigenvalue weighted by Gasteiger charge is 2.34. The minimum atomic E-state index is -0.590. The van der Waals surface area contributed by atoms with Crippen molar-refractivity contribution in [3.63, 3.8) is 0 Å². The minimum absolute atomic E-state index is 0.0896. The number of amides is 1. The average Bonchev–Trinajstić information content (AvgIpc) is 3.69. The molecule has 0 saturated carbocycles. The normalized spacial score (nSPS) is 20.4. The van der Waals surface area contributed by atoms with E-state index in [0.717, 1.165) is 19.4 Å². The number of carbonyl (C=O) groups is 1. The predicted molar refractivity (Wildman–Crippen MR) is 186 cm³/mol. The maximum Gasteiger partial charge on any atom is 0.246 e. The third kappa shape index (κ3) is 6.59. The number of benzene rings is 2. The molecular weight excluding hydrogens is 654 g/mol. The number of nitrogens with zero attached hydrogens (tertiary/aromatic N) is 8. The van der Waals surface area contributed by atoms with Crippen LogP contribution in [0, 0.1) is 24.1 Å². The molecule has 2 aliphatic heterocycles. The fourth-order valence-electron chi connectivity index (χ4n) is 6.89. The van der Waals surface area contributed by atoms with Crippen LogP contribution in [0.1, 0.15) is 43.7 Å². The number of halogens is 3. The summed E-state index contributed by atoms with van der Waals surface area (Å²) in [6.07, 6.45) is 6.68. The molecule has 13 heteroatoms. The molecule has 2 aromatic carbocycles. The number of hydrogen-bond acceptors (Lipinski definition) is 8. The molecule has 4 aromatic rings. The first-order valence-corrected chi connectivity index (χ1v) is 17.0. The van der Waals surface area contributed by atoms with Crippen LogP contribution >= 0.6 is 23.2 Å². The third-order valence-corrected chi connectivity index (χ3v) is 10.3. The van der Waals surface area contributed by atoms with Crippen molar-refractivity contribution in [1.29, 1.82) is 5.26 Å². The van der Waals surface area contributed by atoms with E-state index in [1.54, 1.807) is 39.9 Å². The number of ether oxygens (including phenoxy) is 1. The first kappa shape index (κ1) is 34.1. The number of likely N-dealkylation sites (tertiary alicyclic amines) is 2. The lowest BCUT2D eigenvalue weighted by molar-refractivity contribution is -0.130. The number of nitriles is 1. The van der Waals surface area contributed by atoms with Crippen molar-refractivity contribution in [2.24, 2.45) is 0 Å². The highest BCUT2D eigenvalue weighted by molar-refractivity contribution is 6.35. The Bertz CT molecular complexity index is 1920. The molecule has 2 fully saturated rings. The monoisotopic (exact) mass is 692 g/mol. The van der Waals surface area contributed by atoms with Gasteiger partial charge in [-0.3, -0.25) is 4.79 Å². The summed E-state index contributed by atoms with van der Waals surface area (Å²) >= 11 is 13.3.